The summed E-state index contributed by atoms with van der Waals surface area (Å²) in [6, 6.07) is 13.5. The molecule has 7 rings (SSSR count). The van der Waals surface area contributed by atoms with Gasteiger partial charge in [-0.2, -0.15) is 15.2 Å². The number of aromatic hydroxyl groups is 1. The van der Waals surface area contributed by atoms with E-state index in [0.29, 0.717) is 42.3 Å². The second kappa shape index (κ2) is 11.2. The van der Waals surface area contributed by atoms with Gasteiger partial charge in [-0.15, -0.1) is 0 Å². The number of aromatic nitrogens is 3. The molecule has 3 atom stereocenters. The summed E-state index contributed by atoms with van der Waals surface area (Å²) in [6.45, 7) is 3.81. The molecule has 4 aromatic rings. The van der Waals surface area contributed by atoms with Gasteiger partial charge in [-0.3, -0.25) is 4.98 Å². The summed E-state index contributed by atoms with van der Waals surface area (Å²) in [7, 11) is 2.09. The molecule has 0 amide bonds. The zero-order chi connectivity index (χ0) is 29.6. The van der Waals surface area contributed by atoms with Crippen LogP contribution >= 0.6 is 0 Å². The van der Waals surface area contributed by atoms with E-state index < -0.39 is 5.82 Å². The van der Waals surface area contributed by atoms with Gasteiger partial charge in [0.25, 0.3) is 0 Å². The van der Waals surface area contributed by atoms with Crippen molar-refractivity contribution in [2.45, 2.75) is 50.1 Å². The third-order valence-electron chi connectivity index (χ3n) is 9.58. The molecule has 2 N–H and O–H groups in total. The number of fused-ring (bicyclic) bond motifs is 4. The van der Waals surface area contributed by atoms with Gasteiger partial charge in [0.15, 0.2) is 5.82 Å². The molecule has 0 spiro atoms. The van der Waals surface area contributed by atoms with Crippen LogP contribution in [0.4, 0.5) is 10.2 Å². The van der Waals surface area contributed by atoms with Gasteiger partial charge in [-0.1, -0.05) is 24.3 Å². The number of nitrogens with zero attached hydrogens (tertiary/aromatic N) is 6. The number of hydrogen-bond donors (Lipinski definition) is 2. The number of likely N-dealkylation sites (N-methyl/N-ethyl adjacent to an activating group) is 1. The van der Waals surface area contributed by atoms with E-state index in [-0.39, 0.29) is 34.6 Å². The third kappa shape index (κ3) is 5.21. The summed E-state index contributed by atoms with van der Waals surface area (Å²) in [5.41, 5.74) is 0.559. The molecule has 3 aliphatic heterocycles. The van der Waals surface area contributed by atoms with Crippen molar-refractivity contribution < 1.29 is 14.2 Å². The number of halogens is 1. The predicted octanol–water partition coefficient (Wildman–Crippen LogP) is 5.02. The molecular weight excluding hydrogens is 545 g/mol. The highest BCUT2D eigenvalue weighted by Crippen LogP contribution is 2.40. The average molecular weight is 582 g/mol. The molecule has 10 heteroatoms. The Morgan fingerprint density at radius 1 is 1.19 bits per heavy atom. The van der Waals surface area contributed by atoms with Crippen molar-refractivity contribution in [3.05, 3.63) is 48.4 Å². The maximum atomic E-state index is 16.7. The van der Waals surface area contributed by atoms with E-state index in [4.69, 9.17) is 9.72 Å². The maximum absolute atomic E-state index is 16.7. The van der Waals surface area contributed by atoms with Crippen LogP contribution in [-0.4, -0.2) is 76.4 Å². The van der Waals surface area contributed by atoms with Crippen LogP contribution in [0.25, 0.3) is 32.9 Å². The quantitative estimate of drug-likeness (QED) is 0.311. The fourth-order valence-corrected chi connectivity index (χ4v) is 7.28. The number of nitriles is 1. The van der Waals surface area contributed by atoms with Gasteiger partial charge in [-0.25, -0.2) is 4.39 Å². The second-order valence-corrected chi connectivity index (χ2v) is 12.4. The molecule has 3 aliphatic rings. The molecule has 2 unspecified atom stereocenters. The van der Waals surface area contributed by atoms with Crippen molar-refractivity contribution in [3.8, 4) is 29.1 Å². The molecule has 3 saturated heterocycles. The van der Waals surface area contributed by atoms with Gasteiger partial charge in [0.1, 0.15) is 29.4 Å². The molecular formula is C33H36FN7O2. The zero-order valence-corrected chi connectivity index (χ0v) is 24.4. The van der Waals surface area contributed by atoms with Gasteiger partial charge >= 0.3 is 6.01 Å². The lowest BCUT2D eigenvalue weighted by atomic mass is 9.88. The Labute approximate surface area is 250 Å². The molecule has 5 heterocycles. The van der Waals surface area contributed by atoms with E-state index in [1.807, 2.05) is 24.3 Å². The minimum atomic E-state index is -0.576. The van der Waals surface area contributed by atoms with Crippen molar-refractivity contribution in [3.63, 3.8) is 0 Å². The molecule has 2 bridgehead atoms. The van der Waals surface area contributed by atoms with E-state index in [1.54, 1.807) is 18.3 Å². The minimum absolute atomic E-state index is 0.0397. The SMILES string of the molecule is CN1CCC[C@H]1COc1nc(N2CCC3CNC(CCC#N)(C3)C2)c2cnc(-c3cc(O)cc4ccccc34)c(F)c2n1. The molecule has 9 nitrogen and oxygen atoms in total. The van der Waals surface area contributed by atoms with Gasteiger partial charge < -0.3 is 25.0 Å². The number of phenols is 1. The topological polar surface area (TPSA) is 110 Å². The van der Waals surface area contributed by atoms with Crippen LogP contribution < -0.4 is 15.0 Å². The first-order chi connectivity index (χ1) is 20.9. The Bertz CT molecular complexity index is 1730. The molecule has 2 aromatic heterocycles. The van der Waals surface area contributed by atoms with Gasteiger partial charge in [0, 0.05) is 42.9 Å². The lowest BCUT2D eigenvalue weighted by Gasteiger charge is -2.35. The molecule has 0 saturated carbocycles. The number of benzene rings is 2. The van der Waals surface area contributed by atoms with Gasteiger partial charge in [0.05, 0.1) is 11.5 Å². The fraction of sp³-hybridized carbons (Fsp3) is 0.455. The highest BCUT2D eigenvalue weighted by Gasteiger charge is 2.43. The van der Waals surface area contributed by atoms with Crippen LogP contribution in [0.1, 0.15) is 38.5 Å². The predicted molar refractivity (Wildman–Crippen MR) is 164 cm³/mol. The van der Waals surface area contributed by atoms with Crippen molar-refractivity contribution in [1.29, 1.82) is 5.26 Å². The first-order valence-electron chi connectivity index (χ1n) is 15.2. The number of hydrogen-bond acceptors (Lipinski definition) is 9. The Kier molecular flexibility index (Phi) is 7.23. The highest BCUT2D eigenvalue weighted by atomic mass is 19.1. The van der Waals surface area contributed by atoms with E-state index in [2.05, 4.69) is 38.2 Å². The number of pyridine rings is 1. The fourth-order valence-electron chi connectivity index (χ4n) is 7.28. The first-order valence-corrected chi connectivity index (χ1v) is 15.2. The van der Waals surface area contributed by atoms with E-state index in [1.165, 1.54) is 0 Å². The molecule has 2 aromatic carbocycles. The summed E-state index contributed by atoms with van der Waals surface area (Å²) in [6.07, 6.45) is 6.99. The smallest absolute Gasteiger partial charge is 0.319 e. The van der Waals surface area contributed by atoms with Gasteiger partial charge in [0.2, 0.25) is 0 Å². The molecule has 0 radical (unpaired) electrons. The molecule has 222 valence electrons. The number of phenolic OH excluding ortho intramolecular Hbond substituents is 1. The van der Waals surface area contributed by atoms with Crippen LogP contribution in [0.3, 0.4) is 0 Å². The number of likely N-dealkylation sites (tertiary alicyclic amines) is 1. The average Bonchev–Trinajstić information content (AvgIpc) is 3.56. The van der Waals surface area contributed by atoms with Crippen molar-refractivity contribution in [1.82, 2.24) is 25.2 Å². The maximum Gasteiger partial charge on any atom is 0.319 e. The Hall–Kier alpha value is -4.07. The Morgan fingerprint density at radius 2 is 2.07 bits per heavy atom. The Morgan fingerprint density at radius 3 is 2.91 bits per heavy atom. The van der Waals surface area contributed by atoms with Crippen LogP contribution in [-0.2, 0) is 0 Å². The monoisotopic (exact) mass is 581 g/mol. The summed E-state index contributed by atoms with van der Waals surface area (Å²) < 4.78 is 22.8. The van der Waals surface area contributed by atoms with Crippen LogP contribution in [0.5, 0.6) is 11.8 Å². The molecule has 0 aliphatic carbocycles. The zero-order valence-electron chi connectivity index (χ0n) is 24.4. The van der Waals surface area contributed by atoms with Crippen molar-refractivity contribution in [2.24, 2.45) is 5.92 Å². The summed E-state index contributed by atoms with van der Waals surface area (Å²) >= 11 is 0. The lowest BCUT2D eigenvalue weighted by molar-refractivity contribution is 0.188. The Balaban J connectivity index is 1.35. The normalized spacial score (nSPS) is 24.0. The van der Waals surface area contributed by atoms with Crippen LogP contribution in [0.2, 0.25) is 0 Å². The van der Waals surface area contributed by atoms with Gasteiger partial charge in [-0.05, 0) is 81.1 Å². The number of rotatable bonds is 7. The highest BCUT2D eigenvalue weighted by molar-refractivity contribution is 5.99. The first kappa shape index (κ1) is 27.7. The molecule has 43 heavy (non-hydrogen) atoms. The minimum Gasteiger partial charge on any atom is -0.508 e. The van der Waals surface area contributed by atoms with E-state index in [0.717, 1.165) is 62.5 Å². The summed E-state index contributed by atoms with van der Waals surface area (Å²) in [5.74, 6) is 0.585. The van der Waals surface area contributed by atoms with Crippen LogP contribution in [0, 0.1) is 23.1 Å². The number of ether oxygens (including phenoxy) is 1. The number of nitrogens with one attached hydrogen (secondary N) is 1. The van der Waals surface area contributed by atoms with E-state index >= 15 is 4.39 Å². The third-order valence-corrected chi connectivity index (χ3v) is 9.58. The summed E-state index contributed by atoms with van der Waals surface area (Å²) in [5, 5.41) is 25.6. The van der Waals surface area contributed by atoms with Crippen molar-refractivity contribution >= 4 is 27.5 Å². The standard InChI is InChI=1S/C33H36FN7O2/c1-40-12-4-7-23(40)19-43-32-38-30-27(31(39-32)41-13-9-21-16-33(20-41,37-17-21)10-5-11-35)18-36-29(28(30)34)26-15-24(42)14-22-6-2-3-8-25(22)26/h2-3,6,8,14-15,18,21,23,37,42H,4-5,7,9-10,12-13,16-17,19-20H2,1H3/t21?,23-,33?/m0/s1. The lowest BCUT2D eigenvalue weighted by Crippen LogP contribution is -2.50. The number of anilines is 1. The second-order valence-electron chi connectivity index (χ2n) is 12.4. The summed E-state index contributed by atoms with van der Waals surface area (Å²) in [4.78, 5) is 18.6. The van der Waals surface area contributed by atoms with Crippen LogP contribution in [0.15, 0.2) is 42.6 Å². The largest absolute Gasteiger partial charge is 0.508 e. The van der Waals surface area contributed by atoms with E-state index in [9.17, 15) is 10.4 Å². The van der Waals surface area contributed by atoms with Crippen molar-refractivity contribution in [2.75, 3.05) is 44.7 Å². The molecule has 3 fully saturated rings.